The van der Waals surface area contributed by atoms with Gasteiger partial charge in [-0.3, -0.25) is 19.9 Å². The molecule has 0 unspecified atom stereocenters. The molecule has 0 fully saturated rings. The van der Waals surface area contributed by atoms with Crippen LogP contribution in [0.5, 0.6) is 0 Å². The van der Waals surface area contributed by atoms with Crippen LogP contribution in [0.15, 0.2) is 24.3 Å². The van der Waals surface area contributed by atoms with Gasteiger partial charge in [0.2, 0.25) is 0 Å². The molecule has 0 atom stereocenters. The highest BCUT2D eigenvalue weighted by atomic mass is 35.5. The molecule has 4 nitrogen and oxygen atoms in total. The van der Waals surface area contributed by atoms with Gasteiger partial charge in [0.15, 0.2) is 5.78 Å². The Bertz CT molecular complexity index is 393. The highest BCUT2D eigenvalue weighted by Gasteiger charge is 2.05. The first-order chi connectivity index (χ1) is 7.58. The molecule has 0 amide bonds. The molecule has 0 saturated carbocycles. The predicted octanol–water partition coefficient (Wildman–Crippen LogP) is 2.23. The van der Waals surface area contributed by atoms with Gasteiger partial charge in [0, 0.05) is 5.02 Å². The van der Waals surface area contributed by atoms with Gasteiger partial charge in [-0.2, -0.15) is 0 Å². The van der Waals surface area contributed by atoms with Crippen LogP contribution in [0.1, 0.15) is 13.3 Å². The number of anilines is 1. The molecule has 0 bridgehead atoms. The van der Waals surface area contributed by atoms with E-state index in [9.17, 15) is 9.59 Å². The first-order valence-electron chi connectivity index (χ1n) is 4.72. The molecule has 0 aliphatic rings. The van der Waals surface area contributed by atoms with Crippen LogP contribution in [0.4, 0.5) is 5.69 Å². The summed E-state index contributed by atoms with van der Waals surface area (Å²) in [5.74, 6) is -0.432. The highest BCUT2D eigenvalue weighted by molar-refractivity contribution is 6.30. The Balaban J connectivity index is 2.30. The van der Waals surface area contributed by atoms with E-state index in [4.69, 9.17) is 16.4 Å². The number of nitrogens with one attached hydrogen (secondary N) is 1. The van der Waals surface area contributed by atoms with E-state index in [1.807, 2.05) is 0 Å². The molecular formula is C11H12ClNO3. The first kappa shape index (κ1) is 12.7. The Morgan fingerprint density at radius 3 is 2.81 bits per heavy atom. The summed E-state index contributed by atoms with van der Waals surface area (Å²) in [5, 5.41) is 0.573. The van der Waals surface area contributed by atoms with Crippen LogP contribution in [0.25, 0.3) is 0 Å². The molecule has 1 N–H and O–H groups in total. The van der Waals surface area contributed by atoms with E-state index in [2.05, 4.69) is 5.48 Å². The van der Waals surface area contributed by atoms with E-state index in [-0.39, 0.29) is 24.6 Å². The van der Waals surface area contributed by atoms with Crippen molar-refractivity contribution < 1.29 is 14.4 Å². The van der Waals surface area contributed by atoms with Gasteiger partial charge in [0.25, 0.3) is 0 Å². The SMILES string of the molecule is CC(=O)CC(=O)CONc1cccc(Cl)c1. The Kier molecular flexibility index (Phi) is 4.95. The van der Waals surface area contributed by atoms with Gasteiger partial charge in [0.05, 0.1) is 12.1 Å². The standard InChI is InChI=1S/C11H12ClNO3/c1-8(14)5-11(15)7-16-13-10-4-2-3-9(12)6-10/h2-4,6,13H,5,7H2,1H3. The molecule has 86 valence electrons. The molecule has 0 radical (unpaired) electrons. The predicted molar refractivity (Wildman–Crippen MR) is 61.3 cm³/mol. The molecule has 0 spiro atoms. The van der Waals surface area contributed by atoms with E-state index in [0.29, 0.717) is 10.7 Å². The number of carbonyl (C=O) groups is 2. The van der Waals surface area contributed by atoms with Crippen LogP contribution >= 0.6 is 11.6 Å². The second-order valence-electron chi connectivity index (χ2n) is 3.32. The summed E-state index contributed by atoms with van der Waals surface area (Å²) >= 11 is 5.75. The fourth-order valence-corrected chi connectivity index (χ4v) is 1.27. The minimum absolute atomic E-state index is 0.1000. The molecule has 0 aliphatic carbocycles. The summed E-state index contributed by atoms with van der Waals surface area (Å²) in [5.41, 5.74) is 3.23. The van der Waals surface area contributed by atoms with Crippen molar-refractivity contribution >= 4 is 28.9 Å². The third-order valence-corrected chi connectivity index (χ3v) is 1.93. The van der Waals surface area contributed by atoms with Crippen molar-refractivity contribution in [2.24, 2.45) is 0 Å². The van der Waals surface area contributed by atoms with Crippen LogP contribution in [0.2, 0.25) is 5.02 Å². The Hall–Kier alpha value is -1.39. The number of carbonyl (C=O) groups excluding carboxylic acids is 2. The van der Waals surface area contributed by atoms with Gasteiger partial charge in [-0.25, -0.2) is 0 Å². The topological polar surface area (TPSA) is 55.4 Å². The molecule has 16 heavy (non-hydrogen) atoms. The summed E-state index contributed by atoms with van der Waals surface area (Å²) in [6, 6.07) is 6.90. The van der Waals surface area contributed by atoms with Crippen molar-refractivity contribution in [2.75, 3.05) is 12.1 Å². The number of hydrogen-bond acceptors (Lipinski definition) is 4. The monoisotopic (exact) mass is 241 g/mol. The Morgan fingerprint density at radius 2 is 2.19 bits per heavy atom. The minimum atomic E-state index is -0.262. The molecular weight excluding hydrogens is 230 g/mol. The van der Waals surface area contributed by atoms with Crippen molar-refractivity contribution in [2.45, 2.75) is 13.3 Å². The van der Waals surface area contributed by atoms with Crippen LogP contribution < -0.4 is 5.48 Å². The number of halogens is 1. The largest absolute Gasteiger partial charge is 0.300 e. The summed E-state index contributed by atoms with van der Waals surface area (Å²) in [4.78, 5) is 26.6. The molecule has 0 heterocycles. The first-order valence-corrected chi connectivity index (χ1v) is 5.10. The lowest BCUT2D eigenvalue weighted by Crippen LogP contribution is -2.14. The second kappa shape index (κ2) is 6.25. The van der Waals surface area contributed by atoms with Crippen LogP contribution in [0.3, 0.4) is 0 Å². The second-order valence-corrected chi connectivity index (χ2v) is 3.75. The van der Waals surface area contributed by atoms with Crippen LogP contribution in [-0.2, 0) is 14.4 Å². The van der Waals surface area contributed by atoms with E-state index < -0.39 is 0 Å². The lowest BCUT2D eigenvalue weighted by molar-refractivity contribution is -0.128. The zero-order valence-electron chi connectivity index (χ0n) is 8.83. The lowest BCUT2D eigenvalue weighted by atomic mass is 10.2. The quantitative estimate of drug-likeness (QED) is 0.613. The average Bonchev–Trinajstić information content (AvgIpc) is 2.16. The normalized spacial score (nSPS) is 9.88. The number of hydrogen-bond donors (Lipinski definition) is 1. The molecule has 1 rings (SSSR count). The highest BCUT2D eigenvalue weighted by Crippen LogP contribution is 2.14. The van der Waals surface area contributed by atoms with Crippen molar-refractivity contribution in [1.82, 2.24) is 0 Å². The summed E-state index contributed by atoms with van der Waals surface area (Å²) in [6.07, 6.45) is -0.1000. The maximum Gasteiger partial charge on any atom is 0.168 e. The number of Topliss-reactive ketones (excluding diaryl/α,β-unsaturated/α-hetero) is 2. The summed E-state index contributed by atoms with van der Waals surface area (Å²) < 4.78 is 0. The van der Waals surface area contributed by atoms with Crippen molar-refractivity contribution in [3.05, 3.63) is 29.3 Å². The molecule has 0 aromatic heterocycles. The average molecular weight is 242 g/mol. The maximum atomic E-state index is 11.1. The zero-order valence-corrected chi connectivity index (χ0v) is 9.58. The fraction of sp³-hybridized carbons (Fsp3) is 0.273. The third-order valence-electron chi connectivity index (χ3n) is 1.69. The van der Waals surface area contributed by atoms with Gasteiger partial charge >= 0.3 is 0 Å². The van der Waals surface area contributed by atoms with Crippen molar-refractivity contribution in [3.63, 3.8) is 0 Å². The van der Waals surface area contributed by atoms with Gasteiger partial charge in [-0.05, 0) is 25.1 Å². The zero-order chi connectivity index (χ0) is 12.0. The smallest absolute Gasteiger partial charge is 0.168 e. The number of benzene rings is 1. The Labute approximate surface area is 98.5 Å². The van der Waals surface area contributed by atoms with E-state index in [1.165, 1.54) is 6.92 Å². The number of ketones is 2. The van der Waals surface area contributed by atoms with E-state index >= 15 is 0 Å². The van der Waals surface area contributed by atoms with E-state index in [0.717, 1.165) is 0 Å². The van der Waals surface area contributed by atoms with E-state index in [1.54, 1.807) is 24.3 Å². The van der Waals surface area contributed by atoms with Gasteiger partial charge in [-0.1, -0.05) is 17.7 Å². The van der Waals surface area contributed by atoms with Gasteiger partial charge in [-0.15, -0.1) is 0 Å². The summed E-state index contributed by atoms with van der Waals surface area (Å²) in [6.45, 7) is 1.22. The van der Waals surface area contributed by atoms with Crippen LogP contribution in [-0.4, -0.2) is 18.2 Å². The molecule has 0 aliphatic heterocycles. The molecule has 0 saturated heterocycles. The Morgan fingerprint density at radius 1 is 1.44 bits per heavy atom. The van der Waals surface area contributed by atoms with Crippen molar-refractivity contribution in [1.29, 1.82) is 0 Å². The van der Waals surface area contributed by atoms with Crippen LogP contribution in [0, 0.1) is 0 Å². The van der Waals surface area contributed by atoms with Gasteiger partial charge < -0.3 is 0 Å². The molecule has 1 aromatic carbocycles. The third kappa shape index (κ3) is 4.91. The van der Waals surface area contributed by atoms with Crippen molar-refractivity contribution in [3.8, 4) is 0 Å². The summed E-state index contributed by atoms with van der Waals surface area (Å²) in [7, 11) is 0. The minimum Gasteiger partial charge on any atom is -0.300 e. The fourth-order valence-electron chi connectivity index (χ4n) is 1.08. The molecule has 1 aromatic rings. The maximum absolute atomic E-state index is 11.1. The molecule has 5 heteroatoms. The lowest BCUT2D eigenvalue weighted by Gasteiger charge is -2.05. The number of rotatable bonds is 6. The van der Waals surface area contributed by atoms with Gasteiger partial charge in [0.1, 0.15) is 12.4 Å².